The SMILES string of the molecule is CCC(O)(Cc1ccc2ccccc2n1)C(=O)Nc1ccc(C(C)=O)cc1. The highest BCUT2D eigenvalue weighted by Gasteiger charge is 2.34. The average Bonchev–Trinajstić information content (AvgIpc) is 2.68. The highest BCUT2D eigenvalue weighted by Crippen LogP contribution is 2.21. The second kappa shape index (κ2) is 7.68. The molecule has 3 rings (SSSR count). The number of rotatable bonds is 6. The molecule has 3 aromatic rings. The summed E-state index contributed by atoms with van der Waals surface area (Å²) in [5, 5.41) is 14.7. The molecule has 27 heavy (non-hydrogen) atoms. The van der Waals surface area contributed by atoms with Crippen LogP contribution in [-0.4, -0.2) is 27.4 Å². The highest BCUT2D eigenvalue weighted by atomic mass is 16.3. The topological polar surface area (TPSA) is 79.3 Å². The van der Waals surface area contributed by atoms with E-state index in [0.29, 0.717) is 16.9 Å². The normalized spacial score (nSPS) is 13.1. The van der Waals surface area contributed by atoms with Crippen LogP contribution in [0.15, 0.2) is 60.7 Å². The molecule has 1 atom stereocenters. The minimum Gasteiger partial charge on any atom is -0.380 e. The number of nitrogens with one attached hydrogen (secondary N) is 1. The molecule has 5 heteroatoms. The summed E-state index contributed by atoms with van der Waals surface area (Å²) in [5.41, 5.74) is 1.01. The Kier molecular flexibility index (Phi) is 5.33. The van der Waals surface area contributed by atoms with Crippen molar-refractivity contribution in [1.82, 2.24) is 4.98 Å². The molecule has 0 radical (unpaired) electrons. The standard InChI is InChI=1S/C22H22N2O3/c1-3-22(27,14-19-13-10-17-6-4-5-7-20(17)23-19)21(26)24-18-11-8-16(9-12-18)15(2)25/h4-13,27H,3,14H2,1-2H3,(H,24,26). The maximum atomic E-state index is 12.7. The van der Waals surface area contributed by atoms with Crippen molar-refractivity contribution in [3.8, 4) is 0 Å². The van der Waals surface area contributed by atoms with E-state index in [9.17, 15) is 14.7 Å². The quantitative estimate of drug-likeness (QED) is 0.655. The lowest BCUT2D eigenvalue weighted by atomic mass is 9.92. The molecule has 2 N–H and O–H groups in total. The zero-order chi connectivity index (χ0) is 19.4. The van der Waals surface area contributed by atoms with Crippen LogP contribution in [-0.2, 0) is 11.2 Å². The summed E-state index contributed by atoms with van der Waals surface area (Å²) >= 11 is 0. The zero-order valence-corrected chi connectivity index (χ0v) is 15.4. The number of Topliss-reactive ketones (excluding diaryl/α,β-unsaturated/α-hetero) is 1. The third kappa shape index (κ3) is 4.20. The smallest absolute Gasteiger partial charge is 0.256 e. The molecule has 0 saturated heterocycles. The van der Waals surface area contributed by atoms with Crippen LogP contribution in [0.2, 0.25) is 0 Å². The van der Waals surface area contributed by atoms with Gasteiger partial charge in [0.05, 0.1) is 5.52 Å². The van der Waals surface area contributed by atoms with Gasteiger partial charge in [0, 0.05) is 28.8 Å². The van der Waals surface area contributed by atoms with Crippen molar-refractivity contribution in [1.29, 1.82) is 0 Å². The van der Waals surface area contributed by atoms with E-state index >= 15 is 0 Å². The second-order valence-corrected chi connectivity index (χ2v) is 6.64. The van der Waals surface area contributed by atoms with Crippen LogP contribution < -0.4 is 5.32 Å². The molecule has 1 heterocycles. The first kappa shape index (κ1) is 18.7. The largest absolute Gasteiger partial charge is 0.380 e. The minimum atomic E-state index is -1.57. The van der Waals surface area contributed by atoms with E-state index < -0.39 is 11.5 Å². The predicted octanol–water partition coefficient (Wildman–Crippen LogP) is 3.76. The van der Waals surface area contributed by atoms with Gasteiger partial charge in [-0.15, -0.1) is 0 Å². The number of carbonyl (C=O) groups excluding carboxylic acids is 2. The molecule has 1 amide bonds. The van der Waals surface area contributed by atoms with Crippen LogP contribution in [0.25, 0.3) is 10.9 Å². The number of fused-ring (bicyclic) bond motifs is 1. The fraction of sp³-hybridized carbons (Fsp3) is 0.227. The van der Waals surface area contributed by atoms with Gasteiger partial charge in [0.1, 0.15) is 5.60 Å². The van der Waals surface area contributed by atoms with Crippen molar-refractivity contribution >= 4 is 28.3 Å². The van der Waals surface area contributed by atoms with Crippen LogP contribution in [0.5, 0.6) is 0 Å². The van der Waals surface area contributed by atoms with E-state index in [-0.39, 0.29) is 18.6 Å². The van der Waals surface area contributed by atoms with Crippen molar-refractivity contribution in [2.45, 2.75) is 32.3 Å². The number of hydrogen-bond acceptors (Lipinski definition) is 4. The van der Waals surface area contributed by atoms with Crippen molar-refractivity contribution in [3.63, 3.8) is 0 Å². The van der Waals surface area contributed by atoms with Gasteiger partial charge in [0.2, 0.25) is 0 Å². The van der Waals surface area contributed by atoms with Gasteiger partial charge >= 0.3 is 0 Å². The van der Waals surface area contributed by atoms with E-state index in [1.165, 1.54) is 6.92 Å². The summed E-state index contributed by atoms with van der Waals surface area (Å²) in [6, 6.07) is 18.1. The summed E-state index contributed by atoms with van der Waals surface area (Å²) in [4.78, 5) is 28.6. The van der Waals surface area contributed by atoms with E-state index in [1.54, 1.807) is 31.2 Å². The first-order valence-electron chi connectivity index (χ1n) is 8.91. The van der Waals surface area contributed by atoms with Crippen LogP contribution >= 0.6 is 0 Å². The molecule has 1 unspecified atom stereocenters. The molecule has 0 aliphatic carbocycles. The van der Waals surface area contributed by atoms with Gasteiger partial charge < -0.3 is 10.4 Å². The molecule has 0 spiro atoms. The van der Waals surface area contributed by atoms with Gasteiger partial charge in [-0.1, -0.05) is 31.2 Å². The van der Waals surface area contributed by atoms with E-state index in [0.717, 1.165) is 10.9 Å². The molecule has 138 valence electrons. The number of pyridine rings is 1. The Balaban J connectivity index is 1.78. The number of carbonyl (C=O) groups is 2. The predicted molar refractivity (Wildman–Crippen MR) is 106 cm³/mol. The van der Waals surface area contributed by atoms with Crippen LogP contribution in [0, 0.1) is 0 Å². The number of benzene rings is 2. The Morgan fingerprint density at radius 2 is 1.74 bits per heavy atom. The second-order valence-electron chi connectivity index (χ2n) is 6.64. The number of hydrogen-bond donors (Lipinski definition) is 2. The van der Waals surface area contributed by atoms with Crippen LogP contribution in [0.4, 0.5) is 5.69 Å². The fourth-order valence-corrected chi connectivity index (χ4v) is 2.91. The third-order valence-electron chi connectivity index (χ3n) is 4.69. The number of ketones is 1. The van der Waals surface area contributed by atoms with Gasteiger partial charge in [-0.3, -0.25) is 14.6 Å². The van der Waals surface area contributed by atoms with E-state index in [2.05, 4.69) is 10.3 Å². The van der Waals surface area contributed by atoms with E-state index in [4.69, 9.17) is 0 Å². The summed E-state index contributed by atoms with van der Waals surface area (Å²) in [6.07, 6.45) is 0.366. The van der Waals surface area contributed by atoms with Gasteiger partial charge in [-0.2, -0.15) is 0 Å². The Hall–Kier alpha value is -3.05. The van der Waals surface area contributed by atoms with Gasteiger partial charge in [-0.05, 0) is 49.7 Å². The zero-order valence-electron chi connectivity index (χ0n) is 15.4. The third-order valence-corrected chi connectivity index (χ3v) is 4.69. The molecule has 0 bridgehead atoms. The van der Waals surface area contributed by atoms with Gasteiger partial charge in [0.15, 0.2) is 5.78 Å². The Morgan fingerprint density at radius 1 is 1.04 bits per heavy atom. The molecule has 0 aliphatic rings. The minimum absolute atomic E-state index is 0.0414. The van der Waals surface area contributed by atoms with Gasteiger partial charge in [-0.25, -0.2) is 0 Å². The number of amides is 1. The summed E-state index contributed by atoms with van der Waals surface area (Å²) in [7, 11) is 0. The van der Waals surface area contributed by atoms with Crippen molar-refractivity contribution in [3.05, 3.63) is 71.9 Å². The van der Waals surface area contributed by atoms with Crippen molar-refractivity contribution in [2.75, 3.05) is 5.32 Å². The number of anilines is 1. The average molecular weight is 362 g/mol. The highest BCUT2D eigenvalue weighted by molar-refractivity contribution is 5.98. The fourth-order valence-electron chi connectivity index (χ4n) is 2.91. The molecule has 2 aromatic carbocycles. The number of aliphatic hydroxyl groups is 1. The molecular formula is C22H22N2O3. The lowest BCUT2D eigenvalue weighted by Crippen LogP contribution is -2.44. The maximum Gasteiger partial charge on any atom is 0.256 e. The number of aromatic nitrogens is 1. The monoisotopic (exact) mass is 362 g/mol. The number of nitrogens with zero attached hydrogens (tertiary/aromatic N) is 1. The molecule has 0 fully saturated rings. The molecule has 0 saturated carbocycles. The molecular weight excluding hydrogens is 340 g/mol. The summed E-state index contributed by atoms with van der Waals surface area (Å²) < 4.78 is 0. The molecule has 0 aliphatic heterocycles. The first-order chi connectivity index (χ1) is 12.9. The molecule has 5 nitrogen and oxygen atoms in total. The Bertz CT molecular complexity index is 982. The Labute approximate surface area is 158 Å². The van der Waals surface area contributed by atoms with Crippen molar-refractivity contribution < 1.29 is 14.7 Å². The van der Waals surface area contributed by atoms with Crippen LogP contribution in [0.1, 0.15) is 36.3 Å². The Morgan fingerprint density at radius 3 is 2.41 bits per heavy atom. The number of para-hydroxylation sites is 1. The first-order valence-corrected chi connectivity index (χ1v) is 8.91. The lowest BCUT2D eigenvalue weighted by Gasteiger charge is -2.25. The summed E-state index contributed by atoms with van der Waals surface area (Å²) in [5.74, 6) is -0.532. The van der Waals surface area contributed by atoms with Gasteiger partial charge in [0.25, 0.3) is 5.91 Å². The summed E-state index contributed by atoms with van der Waals surface area (Å²) in [6.45, 7) is 3.25. The van der Waals surface area contributed by atoms with Crippen LogP contribution in [0.3, 0.4) is 0 Å². The maximum absolute atomic E-state index is 12.7. The van der Waals surface area contributed by atoms with Crippen molar-refractivity contribution in [2.24, 2.45) is 0 Å². The lowest BCUT2D eigenvalue weighted by molar-refractivity contribution is -0.134. The van der Waals surface area contributed by atoms with E-state index in [1.807, 2.05) is 36.4 Å². The molecule has 1 aromatic heterocycles.